The minimum Gasteiger partial charge on any atom is -0.478 e. The summed E-state index contributed by atoms with van der Waals surface area (Å²) in [7, 11) is 0. The largest absolute Gasteiger partial charge is 0.478 e. The number of hydrogen-bond donors (Lipinski definition) is 1. The molecule has 2 amide bonds. The van der Waals surface area contributed by atoms with Crippen LogP contribution in [0.5, 0.6) is 0 Å². The second kappa shape index (κ2) is 4.23. The van der Waals surface area contributed by atoms with E-state index in [1.165, 1.54) is 18.2 Å². The molecule has 0 aliphatic carbocycles. The van der Waals surface area contributed by atoms with Gasteiger partial charge in [0.2, 0.25) is 0 Å². The SMILES string of the molecule is CC(C)ON1C(=O)c2ccc(C(=O)O)cc2C1=O. The van der Waals surface area contributed by atoms with E-state index in [9.17, 15) is 14.4 Å². The third-order valence-corrected chi connectivity index (χ3v) is 2.41. The van der Waals surface area contributed by atoms with Crippen molar-refractivity contribution in [1.29, 1.82) is 0 Å². The summed E-state index contributed by atoms with van der Waals surface area (Å²) in [6.07, 6.45) is -0.328. The summed E-state index contributed by atoms with van der Waals surface area (Å²) in [6.45, 7) is 3.37. The van der Waals surface area contributed by atoms with Gasteiger partial charge in [0.25, 0.3) is 11.8 Å². The predicted octanol–water partition coefficient (Wildman–Crippen LogP) is 1.32. The Labute approximate surface area is 103 Å². The average molecular weight is 249 g/mol. The monoisotopic (exact) mass is 249 g/mol. The van der Waals surface area contributed by atoms with Gasteiger partial charge in [-0.15, -0.1) is 5.06 Å². The molecule has 1 heterocycles. The topological polar surface area (TPSA) is 83.9 Å². The Hall–Kier alpha value is -2.21. The van der Waals surface area contributed by atoms with Crippen molar-refractivity contribution in [3.8, 4) is 0 Å². The normalized spacial score (nSPS) is 14.3. The van der Waals surface area contributed by atoms with Crippen molar-refractivity contribution >= 4 is 17.8 Å². The number of imide groups is 1. The molecule has 94 valence electrons. The van der Waals surface area contributed by atoms with Crippen molar-refractivity contribution in [3.63, 3.8) is 0 Å². The Kier molecular flexibility index (Phi) is 2.88. The van der Waals surface area contributed by atoms with E-state index in [-0.39, 0.29) is 22.8 Å². The fourth-order valence-corrected chi connectivity index (χ4v) is 1.66. The molecule has 2 rings (SSSR count). The molecule has 0 spiro atoms. The van der Waals surface area contributed by atoms with Gasteiger partial charge in [0, 0.05) is 0 Å². The smallest absolute Gasteiger partial charge is 0.335 e. The van der Waals surface area contributed by atoms with E-state index < -0.39 is 17.8 Å². The van der Waals surface area contributed by atoms with E-state index >= 15 is 0 Å². The number of hydroxylamine groups is 2. The number of carbonyl (C=O) groups excluding carboxylic acids is 2. The fraction of sp³-hybridized carbons (Fsp3) is 0.250. The number of aromatic carboxylic acids is 1. The van der Waals surface area contributed by atoms with Gasteiger partial charge in [-0.1, -0.05) is 0 Å². The zero-order valence-electron chi connectivity index (χ0n) is 9.84. The minimum atomic E-state index is -1.15. The number of hydrogen-bond acceptors (Lipinski definition) is 4. The van der Waals surface area contributed by atoms with Crippen molar-refractivity contribution in [2.45, 2.75) is 20.0 Å². The molecule has 0 radical (unpaired) electrons. The Morgan fingerprint density at radius 2 is 1.83 bits per heavy atom. The Morgan fingerprint density at radius 3 is 2.39 bits per heavy atom. The highest BCUT2D eigenvalue weighted by Gasteiger charge is 2.37. The first kappa shape index (κ1) is 12.3. The van der Waals surface area contributed by atoms with Gasteiger partial charge >= 0.3 is 5.97 Å². The first-order valence-corrected chi connectivity index (χ1v) is 5.34. The molecule has 0 bridgehead atoms. The summed E-state index contributed by atoms with van der Waals surface area (Å²) in [6, 6.07) is 3.79. The predicted molar refractivity (Wildman–Crippen MR) is 60.1 cm³/mol. The summed E-state index contributed by atoms with van der Waals surface area (Å²) in [4.78, 5) is 39.7. The minimum absolute atomic E-state index is 0.0405. The molecule has 6 heteroatoms. The second-order valence-corrected chi connectivity index (χ2v) is 4.12. The second-order valence-electron chi connectivity index (χ2n) is 4.12. The Bertz CT molecular complexity index is 549. The lowest BCUT2D eigenvalue weighted by atomic mass is 10.1. The first-order valence-electron chi connectivity index (χ1n) is 5.34. The van der Waals surface area contributed by atoms with Crippen LogP contribution in [0.15, 0.2) is 18.2 Å². The zero-order valence-corrected chi connectivity index (χ0v) is 9.84. The number of fused-ring (bicyclic) bond motifs is 1. The number of carboxylic acid groups (broad SMARTS) is 1. The molecule has 0 aromatic heterocycles. The fourth-order valence-electron chi connectivity index (χ4n) is 1.66. The van der Waals surface area contributed by atoms with Gasteiger partial charge in [-0.05, 0) is 32.0 Å². The van der Waals surface area contributed by atoms with Gasteiger partial charge in [0.15, 0.2) is 0 Å². The van der Waals surface area contributed by atoms with Crippen LogP contribution in [0.1, 0.15) is 44.9 Å². The lowest BCUT2D eigenvalue weighted by Gasteiger charge is -2.15. The standard InChI is InChI=1S/C12H11NO5/c1-6(2)18-13-10(14)8-4-3-7(12(16)17)5-9(8)11(13)15/h3-6H,1-2H3,(H,16,17). The summed E-state index contributed by atoms with van der Waals surface area (Å²) < 4.78 is 0. The molecule has 1 aromatic rings. The molecule has 1 aliphatic heterocycles. The number of amides is 2. The highest BCUT2D eigenvalue weighted by atomic mass is 16.7. The van der Waals surface area contributed by atoms with Gasteiger partial charge in [-0.3, -0.25) is 14.4 Å². The van der Waals surface area contributed by atoms with E-state index in [0.717, 1.165) is 0 Å². The molecule has 0 saturated carbocycles. The van der Waals surface area contributed by atoms with E-state index in [4.69, 9.17) is 9.94 Å². The van der Waals surface area contributed by atoms with Crippen LogP contribution in [0.4, 0.5) is 0 Å². The number of carbonyl (C=O) groups is 3. The number of rotatable bonds is 3. The third kappa shape index (κ3) is 1.86. The molecule has 1 aliphatic rings. The Balaban J connectivity index is 2.42. The quantitative estimate of drug-likeness (QED) is 0.817. The van der Waals surface area contributed by atoms with E-state index in [1.54, 1.807) is 13.8 Å². The average Bonchev–Trinajstić information content (AvgIpc) is 2.53. The van der Waals surface area contributed by atoms with Crippen molar-refractivity contribution in [2.75, 3.05) is 0 Å². The van der Waals surface area contributed by atoms with Crippen LogP contribution in [-0.4, -0.2) is 34.1 Å². The maximum Gasteiger partial charge on any atom is 0.335 e. The van der Waals surface area contributed by atoms with Gasteiger partial charge in [0.1, 0.15) is 0 Å². The van der Waals surface area contributed by atoms with Crippen molar-refractivity contribution in [2.24, 2.45) is 0 Å². The molecule has 1 aromatic carbocycles. The van der Waals surface area contributed by atoms with Crippen molar-refractivity contribution in [3.05, 3.63) is 34.9 Å². The van der Waals surface area contributed by atoms with E-state index in [1.807, 2.05) is 0 Å². The first-order chi connectivity index (χ1) is 8.41. The molecule has 0 fully saturated rings. The number of carboxylic acids is 1. The summed E-state index contributed by atoms with van der Waals surface area (Å²) in [5, 5.41) is 9.51. The lowest BCUT2D eigenvalue weighted by molar-refractivity contribution is -0.120. The maximum absolute atomic E-state index is 11.9. The molecule has 18 heavy (non-hydrogen) atoms. The van der Waals surface area contributed by atoms with Gasteiger partial charge < -0.3 is 5.11 Å². The van der Waals surface area contributed by atoms with Crippen LogP contribution in [0.2, 0.25) is 0 Å². The summed E-state index contributed by atoms with van der Waals surface area (Å²) in [5.41, 5.74) is 0.174. The van der Waals surface area contributed by atoms with Crippen LogP contribution >= 0.6 is 0 Å². The molecule has 1 N–H and O–H groups in total. The van der Waals surface area contributed by atoms with Crippen LogP contribution in [0, 0.1) is 0 Å². The van der Waals surface area contributed by atoms with Crippen LogP contribution < -0.4 is 0 Å². The summed E-state index contributed by atoms with van der Waals surface area (Å²) >= 11 is 0. The molecule has 0 atom stereocenters. The summed E-state index contributed by atoms with van der Waals surface area (Å²) in [5.74, 6) is -2.35. The molecule has 0 saturated heterocycles. The van der Waals surface area contributed by atoms with Gasteiger partial charge in [0.05, 0.1) is 22.8 Å². The van der Waals surface area contributed by atoms with Crippen molar-refractivity contribution < 1.29 is 24.3 Å². The lowest BCUT2D eigenvalue weighted by Crippen LogP contribution is -2.32. The highest BCUT2D eigenvalue weighted by molar-refractivity contribution is 6.21. The number of nitrogens with zero attached hydrogens (tertiary/aromatic N) is 1. The van der Waals surface area contributed by atoms with Gasteiger partial charge in [-0.2, -0.15) is 0 Å². The highest BCUT2D eigenvalue weighted by Crippen LogP contribution is 2.24. The maximum atomic E-state index is 11.9. The van der Waals surface area contributed by atoms with Crippen LogP contribution in [-0.2, 0) is 4.84 Å². The van der Waals surface area contributed by atoms with Crippen LogP contribution in [0.3, 0.4) is 0 Å². The van der Waals surface area contributed by atoms with E-state index in [2.05, 4.69) is 0 Å². The molecular weight excluding hydrogens is 238 g/mol. The zero-order chi connectivity index (χ0) is 13.4. The Morgan fingerprint density at radius 1 is 1.22 bits per heavy atom. The molecule has 6 nitrogen and oxygen atoms in total. The van der Waals surface area contributed by atoms with Gasteiger partial charge in [-0.25, -0.2) is 4.79 Å². The van der Waals surface area contributed by atoms with Crippen LogP contribution in [0.25, 0.3) is 0 Å². The molecule has 0 unspecified atom stereocenters. The van der Waals surface area contributed by atoms with Crippen molar-refractivity contribution in [1.82, 2.24) is 5.06 Å². The molecular formula is C12H11NO5. The third-order valence-electron chi connectivity index (χ3n) is 2.41. The van der Waals surface area contributed by atoms with E-state index in [0.29, 0.717) is 5.06 Å². The number of benzene rings is 1.